The van der Waals surface area contributed by atoms with Crippen LogP contribution < -0.4 is 15.2 Å². The van der Waals surface area contributed by atoms with E-state index in [9.17, 15) is 0 Å². The lowest BCUT2D eigenvalue weighted by Crippen LogP contribution is -2.00. The van der Waals surface area contributed by atoms with E-state index < -0.39 is 0 Å². The number of nitrogens with two attached hydrogens (primary N) is 1. The van der Waals surface area contributed by atoms with E-state index in [1.165, 1.54) is 57.8 Å². The topological polar surface area (TPSA) is 44.5 Å². The number of rotatable bonds is 13. The Morgan fingerprint density at radius 1 is 0.818 bits per heavy atom. The third-order valence-corrected chi connectivity index (χ3v) is 3.94. The van der Waals surface area contributed by atoms with Crippen molar-refractivity contribution in [2.75, 3.05) is 19.5 Å². The van der Waals surface area contributed by atoms with Crippen LogP contribution in [0.1, 0.15) is 71.1 Å². The minimum atomic E-state index is 0.697. The van der Waals surface area contributed by atoms with Gasteiger partial charge in [0.05, 0.1) is 13.7 Å². The minimum absolute atomic E-state index is 0.697. The minimum Gasteiger partial charge on any atom is -0.493 e. The molecule has 0 aliphatic carbocycles. The lowest BCUT2D eigenvalue weighted by atomic mass is 10.1. The summed E-state index contributed by atoms with van der Waals surface area (Å²) in [4.78, 5) is 0. The summed E-state index contributed by atoms with van der Waals surface area (Å²) < 4.78 is 11.0. The molecule has 1 aromatic rings. The van der Waals surface area contributed by atoms with Gasteiger partial charge in [0.2, 0.25) is 0 Å². The standard InChI is InChI=1S/C19H33NO2/c1-3-4-5-6-7-8-9-10-11-12-15-22-18-14-13-17(20)16-19(18)21-2/h13-14,16H,3-12,15,20H2,1-2H3. The highest BCUT2D eigenvalue weighted by molar-refractivity contribution is 5.51. The van der Waals surface area contributed by atoms with Crippen molar-refractivity contribution in [1.82, 2.24) is 0 Å². The summed E-state index contributed by atoms with van der Waals surface area (Å²) in [5.41, 5.74) is 6.43. The Morgan fingerprint density at radius 2 is 1.41 bits per heavy atom. The summed E-state index contributed by atoms with van der Waals surface area (Å²) in [6.07, 6.45) is 13.4. The average molecular weight is 307 g/mol. The Morgan fingerprint density at radius 3 is 2.00 bits per heavy atom. The Kier molecular flexibility index (Phi) is 10.3. The third kappa shape index (κ3) is 8.16. The van der Waals surface area contributed by atoms with Crippen molar-refractivity contribution in [3.05, 3.63) is 18.2 Å². The maximum Gasteiger partial charge on any atom is 0.162 e. The fourth-order valence-electron chi connectivity index (χ4n) is 2.58. The molecule has 0 spiro atoms. The number of hydrogen-bond donors (Lipinski definition) is 1. The first-order valence-electron chi connectivity index (χ1n) is 8.84. The van der Waals surface area contributed by atoms with Gasteiger partial charge in [-0.3, -0.25) is 0 Å². The van der Waals surface area contributed by atoms with Gasteiger partial charge in [-0.2, -0.15) is 0 Å². The third-order valence-electron chi connectivity index (χ3n) is 3.94. The predicted molar refractivity (Wildman–Crippen MR) is 94.7 cm³/mol. The number of hydrogen-bond acceptors (Lipinski definition) is 3. The van der Waals surface area contributed by atoms with Crippen LogP contribution in [-0.2, 0) is 0 Å². The van der Waals surface area contributed by atoms with Gasteiger partial charge in [-0.05, 0) is 18.6 Å². The smallest absolute Gasteiger partial charge is 0.162 e. The van der Waals surface area contributed by atoms with Crippen molar-refractivity contribution in [1.29, 1.82) is 0 Å². The molecule has 0 fully saturated rings. The molecule has 1 rings (SSSR count). The fraction of sp³-hybridized carbons (Fsp3) is 0.684. The molecule has 0 unspecified atom stereocenters. The van der Waals surface area contributed by atoms with Crippen LogP contribution >= 0.6 is 0 Å². The van der Waals surface area contributed by atoms with E-state index in [-0.39, 0.29) is 0 Å². The summed E-state index contributed by atoms with van der Waals surface area (Å²) in [6, 6.07) is 5.52. The Bertz CT molecular complexity index is 393. The van der Waals surface area contributed by atoms with Gasteiger partial charge in [-0.25, -0.2) is 0 Å². The van der Waals surface area contributed by atoms with E-state index in [4.69, 9.17) is 15.2 Å². The van der Waals surface area contributed by atoms with Crippen molar-refractivity contribution in [3.63, 3.8) is 0 Å². The molecule has 3 nitrogen and oxygen atoms in total. The Hall–Kier alpha value is -1.38. The number of methoxy groups -OCH3 is 1. The monoisotopic (exact) mass is 307 g/mol. The van der Waals surface area contributed by atoms with Crippen molar-refractivity contribution in [2.45, 2.75) is 71.1 Å². The first-order chi connectivity index (χ1) is 10.8. The predicted octanol–water partition coefficient (Wildman–Crippen LogP) is 5.58. The second kappa shape index (κ2) is 12.2. The van der Waals surface area contributed by atoms with E-state index in [2.05, 4.69) is 6.92 Å². The van der Waals surface area contributed by atoms with Crippen LogP contribution in [0.4, 0.5) is 5.69 Å². The van der Waals surface area contributed by atoms with Crippen LogP contribution in [0.3, 0.4) is 0 Å². The van der Waals surface area contributed by atoms with Crippen LogP contribution in [0.5, 0.6) is 11.5 Å². The summed E-state index contributed by atoms with van der Waals surface area (Å²) in [5.74, 6) is 1.50. The molecule has 0 aliphatic heterocycles. The van der Waals surface area contributed by atoms with Crippen LogP contribution in [0, 0.1) is 0 Å². The molecule has 22 heavy (non-hydrogen) atoms. The second-order valence-corrected chi connectivity index (χ2v) is 5.94. The van der Waals surface area contributed by atoms with Gasteiger partial charge >= 0.3 is 0 Å². The van der Waals surface area contributed by atoms with Gasteiger partial charge in [-0.1, -0.05) is 64.7 Å². The number of ether oxygens (including phenoxy) is 2. The van der Waals surface area contributed by atoms with Crippen molar-refractivity contribution >= 4 is 5.69 Å². The van der Waals surface area contributed by atoms with Crippen molar-refractivity contribution in [2.24, 2.45) is 0 Å². The molecule has 0 saturated heterocycles. The maximum atomic E-state index is 5.77. The molecule has 0 aromatic heterocycles. The Balaban J connectivity index is 1.99. The van der Waals surface area contributed by atoms with Crippen LogP contribution in [0.2, 0.25) is 0 Å². The number of unbranched alkanes of at least 4 members (excludes halogenated alkanes) is 9. The average Bonchev–Trinajstić information content (AvgIpc) is 2.53. The van der Waals surface area contributed by atoms with Crippen LogP contribution in [0.25, 0.3) is 0 Å². The molecule has 0 amide bonds. The van der Waals surface area contributed by atoms with Crippen molar-refractivity contribution < 1.29 is 9.47 Å². The van der Waals surface area contributed by atoms with Crippen LogP contribution in [-0.4, -0.2) is 13.7 Å². The highest BCUT2D eigenvalue weighted by Gasteiger charge is 2.04. The zero-order valence-corrected chi connectivity index (χ0v) is 14.4. The molecule has 3 heteroatoms. The maximum absolute atomic E-state index is 5.77. The van der Waals surface area contributed by atoms with Crippen molar-refractivity contribution in [3.8, 4) is 11.5 Å². The van der Waals surface area contributed by atoms with Gasteiger partial charge in [0.1, 0.15) is 0 Å². The number of benzene rings is 1. The molecule has 2 N–H and O–H groups in total. The quantitative estimate of drug-likeness (QED) is 0.382. The highest BCUT2D eigenvalue weighted by Crippen LogP contribution is 2.29. The van der Waals surface area contributed by atoms with E-state index in [1.807, 2.05) is 12.1 Å². The highest BCUT2D eigenvalue weighted by atomic mass is 16.5. The van der Waals surface area contributed by atoms with Crippen LogP contribution in [0.15, 0.2) is 18.2 Å². The molecule has 0 bridgehead atoms. The second-order valence-electron chi connectivity index (χ2n) is 5.94. The van der Waals surface area contributed by atoms with E-state index in [0.29, 0.717) is 11.4 Å². The molecule has 0 atom stereocenters. The molecule has 0 aliphatic rings. The van der Waals surface area contributed by atoms with Gasteiger partial charge in [0, 0.05) is 11.8 Å². The van der Waals surface area contributed by atoms with E-state index in [1.54, 1.807) is 13.2 Å². The fourth-order valence-corrected chi connectivity index (χ4v) is 2.58. The van der Waals surface area contributed by atoms with E-state index in [0.717, 1.165) is 18.8 Å². The summed E-state index contributed by atoms with van der Waals surface area (Å²) in [7, 11) is 1.64. The summed E-state index contributed by atoms with van der Waals surface area (Å²) in [6.45, 7) is 3.01. The zero-order valence-electron chi connectivity index (χ0n) is 14.4. The molecule has 0 heterocycles. The Labute approximate surface area is 136 Å². The lowest BCUT2D eigenvalue weighted by molar-refractivity contribution is 0.284. The number of anilines is 1. The summed E-state index contributed by atoms with van der Waals surface area (Å²) in [5, 5.41) is 0. The van der Waals surface area contributed by atoms with Gasteiger partial charge in [-0.15, -0.1) is 0 Å². The molecule has 1 aromatic carbocycles. The van der Waals surface area contributed by atoms with Gasteiger partial charge in [0.25, 0.3) is 0 Å². The zero-order chi connectivity index (χ0) is 16.0. The lowest BCUT2D eigenvalue weighted by Gasteiger charge is -2.11. The normalized spacial score (nSPS) is 10.6. The molecule has 0 saturated carbocycles. The number of nitrogen functional groups attached to an aromatic ring is 1. The van der Waals surface area contributed by atoms with Gasteiger partial charge < -0.3 is 15.2 Å². The first kappa shape index (κ1) is 18.7. The van der Waals surface area contributed by atoms with E-state index >= 15 is 0 Å². The molecular weight excluding hydrogens is 274 g/mol. The largest absolute Gasteiger partial charge is 0.493 e. The molecule has 0 radical (unpaired) electrons. The molecule has 126 valence electrons. The SMILES string of the molecule is CCCCCCCCCCCCOc1ccc(N)cc1OC. The summed E-state index contributed by atoms with van der Waals surface area (Å²) >= 11 is 0. The first-order valence-corrected chi connectivity index (χ1v) is 8.84. The van der Waals surface area contributed by atoms with Gasteiger partial charge in [0.15, 0.2) is 11.5 Å². The molecular formula is C19H33NO2.